The topological polar surface area (TPSA) is 29.1 Å². The van der Waals surface area contributed by atoms with Crippen LogP contribution in [0.25, 0.3) is 0 Å². The number of alkyl halides is 1. The summed E-state index contributed by atoms with van der Waals surface area (Å²) in [4.78, 5) is 11.6. The molecule has 0 bridgehead atoms. The van der Waals surface area contributed by atoms with E-state index in [0.29, 0.717) is 18.0 Å². The van der Waals surface area contributed by atoms with E-state index in [1.165, 1.54) is 11.3 Å². The lowest BCUT2D eigenvalue weighted by molar-refractivity contribution is 0.0958. The van der Waals surface area contributed by atoms with Crippen molar-refractivity contribution < 1.29 is 4.79 Å². The number of carbonyl (C=O) groups excluding carboxylic acids is 1. The van der Waals surface area contributed by atoms with E-state index < -0.39 is 0 Å². The maximum Gasteiger partial charge on any atom is 0.253 e. The van der Waals surface area contributed by atoms with Gasteiger partial charge in [0.05, 0.1) is 13.1 Å². The molecule has 0 unspecified atom stereocenters. The number of allylic oxidation sites excluding steroid dienone is 1. The molecular formula is C9H8Br2ClNOS. The highest BCUT2D eigenvalue weighted by Crippen LogP contribution is 2.31. The van der Waals surface area contributed by atoms with Crippen molar-refractivity contribution in [1.82, 2.24) is 5.32 Å². The zero-order chi connectivity index (χ0) is 11.3. The predicted molar refractivity (Wildman–Crippen MR) is 71.9 cm³/mol. The van der Waals surface area contributed by atoms with Gasteiger partial charge in [-0.25, -0.2) is 0 Å². The van der Waals surface area contributed by atoms with E-state index >= 15 is 0 Å². The van der Waals surface area contributed by atoms with Crippen molar-refractivity contribution >= 4 is 60.7 Å². The van der Waals surface area contributed by atoms with E-state index in [1.807, 2.05) is 6.08 Å². The van der Waals surface area contributed by atoms with E-state index in [2.05, 4.69) is 37.2 Å². The van der Waals surface area contributed by atoms with Crippen molar-refractivity contribution in [2.45, 2.75) is 0 Å². The lowest BCUT2D eigenvalue weighted by Crippen LogP contribution is -2.23. The summed E-state index contributed by atoms with van der Waals surface area (Å²) in [6, 6.07) is 1.79. The minimum Gasteiger partial charge on any atom is -0.349 e. The highest BCUT2D eigenvalue weighted by atomic mass is 79.9. The van der Waals surface area contributed by atoms with Gasteiger partial charge >= 0.3 is 0 Å². The molecule has 2 nitrogen and oxygen atoms in total. The molecule has 1 N–H and O–H groups in total. The van der Waals surface area contributed by atoms with Gasteiger partial charge in [0.2, 0.25) is 0 Å². The summed E-state index contributed by atoms with van der Waals surface area (Å²) in [6.07, 6.45) is 3.61. The summed E-state index contributed by atoms with van der Waals surface area (Å²) in [5, 5.41) is 2.76. The zero-order valence-corrected chi connectivity index (χ0v) is 12.3. The van der Waals surface area contributed by atoms with Crippen LogP contribution in [-0.2, 0) is 0 Å². The van der Waals surface area contributed by atoms with Gasteiger partial charge in [0.1, 0.15) is 0 Å². The number of halogens is 3. The molecule has 1 rings (SSSR count). The number of hydrogen-bond acceptors (Lipinski definition) is 2. The Morgan fingerprint density at radius 3 is 2.80 bits per heavy atom. The molecule has 0 radical (unpaired) electrons. The highest BCUT2D eigenvalue weighted by molar-refractivity contribution is 9.12. The van der Waals surface area contributed by atoms with Crippen LogP contribution in [0.5, 0.6) is 0 Å². The van der Waals surface area contributed by atoms with Crippen LogP contribution < -0.4 is 5.32 Å². The molecule has 0 aliphatic heterocycles. The lowest BCUT2D eigenvalue weighted by Gasteiger charge is -1.99. The van der Waals surface area contributed by atoms with E-state index in [4.69, 9.17) is 11.6 Å². The van der Waals surface area contributed by atoms with Gasteiger partial charge in [0.25, 0.3) is 5.91 Å². The van der Waals surface area contributed by atoms with Crippen molar-refractivity contribution in [3.63, 3.8) is 0 Å². The molecule has 82 valence electrons. The largest absolute Gasteiger partial charge is 0.349 e. The number of hydrogen-bond donors (Lipinski definition) is 1. The number of nitrogens with one attached hydrogen (secondary N) is 1. The fourth-order valence-electron chi connectivity index (χ4n) is 0.888. The Bertz CT molecular complexity index is 378. The molecule has 1 aromatic heterocycles. The van der Waals surface area contributed by atoms with Crippen LogP contribution in [0.15, 0.2) is 25.8 Å². The molecule has 0 aromatic carbocycles. The van der Waals surface area contributed by atoms with Crippen LogP contribution in [0.4, 0.5) is 0 Å². The van der Waals surface area contributed by atoms with E-state index in [0.717, 1.165) is 7.57 Å². The van der Waals surface area contributed by atoms with Crippen molar-refractivity contribution in [1.29, 1.82) is 0 Å². The molecule has 1 heterocycles. The van der Waals surface area contributed by atoms with Gasteiger partial charge in [-0.2, -0.15) is 0 Å². The summed E-state index contributed by atoms with van der Waals surface area (Å²) < 4.78 is 1.75. The monoisotopic (exact) mass is 371 g/mol. The third-order valence-electron chi connectivity index (χ3n) is 1.54. The zero-order valence-electron chi connectivity index (χ0n) is 7.60. The predicted octanol–water partition coefficient (Wildman–Crippen LogP) is 3.80. The third kappa shape index (κ3) is 4.26. The van der Waals surface area contributed by atoms with Crippen molar-refractivity contribution in [2.24, 2.45) is 0 Å². The van der Waals surface area contributed by atoms with E-state index in [-0.39, 0.29) is 5.91 Å². The first kappa shape index (κ1) is 13.2. The molecule has 0 atom stereocenters. The molecule has 1 aromatic rings. The molecule has 0 fully saturated rings. The number of amides is 1. The maximum atomic E-state index is 11.6. The summed E-state index contributed by atoms with van der Waals surface area (Å²) in [5.41, 5.74) is 0.645. The van der Waals surface area contributed by atoms with Crippen LogP contribution in [-0.4, -0.2) is 18.3 Å². The molecule has 1 amide bonds. The fourth-order valence-corrected chi connectivity index (χ4v) is 3.81. The van der Waals surface area contributed by atoms with Crippen LogP contribution in [0, 0.1) is 0 Å². The average Bonchev–Trinajstić information content (AvgIpc) is 2.52. The Kier molecular flexibility index (Phi) is 5.89. The molecule has 0 saturated heterocycles. The minimum absolute atomic E-state index is 0.0944. The fraction of sp³-hybridized carbons (Fsp3) is 0.222. The first-order valence-corrected chi connectivity index (χ1v) is 7.03. The van der Waals surface area contributed by atoms with Crippen LogP contribution >= 0.6 is 54.8 Å². The molecular weight excluding hydrogens is 365 g/mol. The quantitative estimate of drug-likeness (QED) is 0.631. The standard InChI is InChI=1S/C9H8Br2ClNOS/c10-7-5-6(8(11)15-7)9(14)13-4-2-1-3-12/h1-2,5H,3-4H2,(H,13,14)/b2-1+. The second kappa shape index (κ2) is 6.68. The Labute approximate surface area is 114 Å². The van der Waals surface area contributed by atoms with Gasteiger partial charge in [0, 0.05) is 12.4 Å². The van der Waals surface area contributed by atoms with Gasteiger partial charge in [-0.3, -0.25) is 4.79 Å². The summed E-state index contributed by atoms with van der Waals surface area (Å²) in [5.74, 6) is 0.367. The normalized spacial score (nSPS) is 10.9. The highest BCUT2D eigenvalue weighted by Gasteiger charge is 2.12. The smallest absolute Gasteiger partial charge is 0.253 e. The summed E-state index contributed by atoms with van der Waals surface area (Å²) in [7, 11) is 0. The van der Waals surface area contributed by atoms with Gasteiger partial charge in [-0.05, 0) is 37.9 Å². The van der Waals surface area contributed by atoms with Gasteiger partial charge < -0.3 is 5.32 Å². The Hall–Kier alpha value is 0.160. The van der Waals surface area contributed by atoms with Crippen molar-refractivity contribution in [3.05, 3.63) is 31.4 Å². The molecule has 0 spiro atoms. The van der Waals surface area contributed by atoms with E-state index in [9.17, 15) is 4.79 Å². The average molecular weight is 373 g/mol. The molecule has 6 heteroatoms. The van der Waals surface area contributed by atoms with Crippen LogP contribution in [0.1, 0.15) is 10.4 Å². The Morgan fingerprint density at radius 2 is 2.27 bits per heavy atom. The second-order valence-corrected chi connectivity index (χ2v) is 6.63. The van der Waals surface area contributed by atoms with Crippen molar-refractivity contribution in [2.75, 3.05) is 12.4 Å². The van der Waals surface area contributed by atoms with E-state index in [1.54, 1.807) is 12.1 Å². The minimum atomic E-state index is -0.0944. The number of carbonyl (C=O) groups is 1. The second-order valence-electron chi connectivity index (χ2n) is 2.57. The van der Waals surface area contributed by atoms with Gasteiger partial charge in [-0.15, -0.1) is 22.9 Å². The first-order valence-electron chi connectivity index (χ1n) is 4.09. The number of thiophene rings is 1. The summed E-state index contributed by atoms with van der Waals surface area (Å²) in [6.45, 7) is 0.492. The maximum absolute atomic E-state index is 11.6. The molecule has 0 aliphatic carbocycles. The van der Waals surface area contributed by atoms with Gasteiger partial charge in [0.15, 0.2) is 0 Å². The Balaban J connectivity index is 2.54. The number of rotatable bonds is 4. The SMILES string of the molecule is O=C(NC/C=C/CCl)c1cc(Br)sc1Br. The first-order chi connectivity index (χ1) is 7.15. The molecule has 15 heavy (non-hydrogen) atoms. The molecule has 0 saturated carbocycles. The lowest BCUT2D eigenvalue weighted by atomic mass is 10.3. The van der Waals surface area contributed by atoms with Crippen LogP contribution in [0.2, 0.25) is 0 Å². The van der Waals surface area contributed by atoms with Gasteiger partial charge in [-0.1, -0.05) is 12.2 Å². The van der Waals surface area contributed by atoms with Crippen molar-refractivity contribution in [3.8, 4) is 0 Å². The summed E-state index contributed by atoms with van der Waals surface area (Å²) >= 11 is 13.6. The third-order valence-corrected chi connectivity index (χ3v) is 4.05. The van der Waals surface area contributed by atoms with Crippen LogP contribution in [0.3, 0.4) is 0 Å². The Morgan fingerprint density at radius 1 is 1.53 bits per heavy atom. The molecule has 0 aliphatic rings.